The molecule has 0 aliphatic rings. The van der Waals surface area contributed by atoms with Gasteiger partial charge in [0.15, 0.2) is 0 Å². The van der Waals surface area contributed by atoms with Crippen molar-refractivity contribution in [3.8, 4) is 0 Å². The summed E-state index contributed by atoms with van der Waals surface area (Å²) in [7, 11) is 0. The molecule has 1 aromatic heterocycles. The van der Waals surface area contributed by atoms with Crippen LogP contribution in [0.1, 0.15) is 22.5 Å². The van der Waals surface area contributed by atoms with Crippen LogP contribution < -0.4 is 5.32 Å². The molecule has 0 saturated heterocycles. The van der Waals surface area contributed by atoms with Crippen molar-refractivity contribution in [2.75, 3.05) is 5.32 Å². The summed E-state index contributed by atoms with van der Waals surface area (Å²) in [5, 5.41) is 11.6. The number of carbonyl (C=O) groups excluding carboxylic acids is 1. The second-order valence-corrected chi connectivity index (χ2v) is 4.98. The van der Waals surface area contributed by atoms with Crippen molar-refractivity contribution >= 4 is 33.5 Å². The molecule has 5 nitrogen and oxygen atoms in total. The average molecular weight is 338 g/mol. The molecule has 0 aliphatic carbocycles. The standard InChI is InChI=1S/C14H12BrNO4/c15-11-8-9(14(18)19)3-5-12(11)16-13(17)6-4-10-2-1-7-20-10/h1-3,5,7-8H,4,6H2,(H,16,17)(H,18,19). The zero-order valence-electron chi connectivity index (χ0n) is 10.4. The molecule has 0 spiro atoms. The van der Waals surface area contributed by atoms with E-state index in [4.69, 9.17) is 9.52 Å². The van der Waals surface area contributed by atoms with Gasteiger partial charge < -0.3 is 14.8 Å². The monoisotopic (exact) mass is 337 g/mol. The van der Waals surface area contributed by atoms with Crippen LogP contribution in [0.4, 0.5) is 5.69 Å². The van der Waals surface area contributed by atoms with Crippen molar-refractivity contribution in [1.82, 2.24) is 0 Å². The van der Waals surface area contributed by atoms with Gasteiger partial charge in [-0.3, -0.25) is 4.79 Å². The topological polar surface area (TPSA) is 79.5 Å². The number of furan rings is 1. The maximum absolute atomic E-state index is 11.8. The first-order chi connectivity index (χ1) is 9.56. The van der Waals surface area contributed by atoms with Crippen LogP contribution in [0.15, 0.2) is 45.5 Å². The van der Waals surface area contributed by atoms with E-state index in [0.29, 0.717) is 23.0 Å². The molecule has 1 aromatic carbocycles. The van der Waals surface area contributed by atoms with E-state index in [2.05, 4.69) is 21.2 Å². The third-order valence-corrected chi connectivity index (χ3v) is 3.32. The van der Waals surface area contributed by atoms with Gasteiger partial charge in [-0.1, -0.05) is 0 Å². The van der Waals surface area contributed by atoms with Crippen molar-refractivity contribution in [3.63, 3.8) is 0 Å². The predicted octanol–water partition coefficient (Wildman–Crippen LogP) is 3.31. The summed E-state index contributed by atoms with van der Waals surface area (Å²) < 4.78 is 5.68. The van der Waals surface area contributed by atoms with Crippen LogP contribution in [0.5, 0.6) is 0 Å². The molecular weight excluding hydrogens is 326 g/mol. The number of amides is 1. The van der Waals surface area contributed by atoms with Gasteiger partial charge in [-0.25, -0.2) is 4.79 Å². The van der Waals surface area contributed by atoms with Gasteiger partial charge in [0, 0.05) is 17.3 Å². The second kappa shape index (κ2) is 6.38. The molecule has 0 fully saturated rings. The third kappa shape index (κ3) is 3.71. The van der Waals surface area contributed by atoms with Gasteiger partial charge in [0.2, 0.25) is 5.91 Å². The number of benzene rings is 1. The maximum atomic E-state index is 11.8. The van der Waals surface area contributed by atoms with Crippen LogP contribution in [0.3, 0.4) is 0 Å². The number of carboxylic acids is 1. The van der Waals surface area contributed by atoms with Crippen LogP contribution in [-0.2, 0) is 11.2 Å². The van der Waals surface area contributed by atoms with Crippen molar-refractivity contribution in [2.24, 2.45) is 0 Å². The van der Waals surface area contributed by atoms with Crippen molar-refractivity contribution in [2.45, 2.75) is 12.8 Å². The van der Waals surface area contributed by atoms with Gasteiger partial charge in [0.05, 0.1) is 17.5 Å². The summed E-state index contributed by atoms with van der Waals surface area (Å²) >= 11 is 3.24. The molecule has 0 atom stereocenters. The molecular formula is C14H12BrNO4. The van der Waals surface area contributed by atoms with E-state index in [1.807, 2.05) is 6.07 Å². The maximum Gasteiger partial charge on any atom is 0.335 e. The van der Waals surface area contributed by atoms with Gasteiger partial charge in [-0.2, -0.15) is 0 Å². The fourth-order valence-corrected chi connectivity index (χ4v) is 2.13. The summed E-state index contributed by atoms with van der Waals surface area (Å²) in [5.41, 5.74) is 0.699. The van der Waals surface area contributed by atoms with Crippen molar-refractivity contribution in [1.29, 1.82) is 0 Å². The lowest BCUT2D eigenvalue weighted by atomic mass is 10.2. The van der Waals surface area contributed by atoms with Crippen LogP contribution in [-0.4, -0.2) is 17.0 Å². The number of nitrogens with one attached hydrogen (secondary N) is 1. The smallest absolute Gasteiger partial charge is 0.335 e. The highest BCUT2D eigenvalue weighted by Gasteiger charge is 2.10. The normalized spacial score (nSPS) is 10.2. The highest BCUT2D eigenvalue weighted by molar-refractivity contribution is 9.10. The molecule has 2 rings (SSSR count). The number of carbonyl (C=O) groups is 2. The molecule has 0 saturated carbocycles. The number of hydrogen-bond acceptors (Lipinski definition) is 3. The molecule has 0 bridgehead atoms. The largest absolute Gasteiger partial charge is 0.478 e. The van der Waals surface area contributed by atoms with Crippen LogP contribution in [0.25, 0.3) is 0 Å². The highest BCUT2D eigenvalue weighted by Crippen LogP contribution is 2.24. The molecule has 104 valence electrons. The highest BCUT2D eigenvalue weighted by atomic mass is 79.9. The minimum atomic E-state index is -1.01. The van der Waals surface area contributed by atoms with E-state index in [1.54, 1.807) is 18.4 Å². The molecule has 0 radical (unpaired) electrons. The minimum Gasteiger partial charge on any atom is -0.478 e. The molecule has 20 heavy (non-hydrogen) atoms. The Kier molecular flexibility index (Phi) is 4.57. The van der Waals surface area contributed by atoms with E-state index < -0.39 is 5.97 Å². The molecule has 6 heteroatoms. The van der Waals surface area contributed by atoms with E-state index in [1.165, 1.54) is 12.1 Å². The lowest BCUT2D eigenvalue weighted by Crippen LogP contribution is -2.13. The number of aromatic carboxylic acids is 1. The first-order valence-electron chi connectivity index (χ1n) is 5.91. The number of aryl methyl sites for hydroxylation is 1. The molecule has 1 heterocycles. The Labute approximate surface area is 123 Å². The first kappa shape index (κ1) is 14.3. The number of carboxylic acid groups (broad SMARTS) is 1. The lowest BCUT2D eigenvalue weighted by molar-refractivity contribution is -0.116. The first-order valence-corrected chi connectivity index (χ1v) is 6.70. The van der Waals surface area contributed by atoms with Gasteiger partial charge >= 0.3 is 5.97 Å². The number of rotatable bonds is 5. The predicted molar refractivity (Wildman–Crippen MR) is 76.8 cm³/mol. The van der Waals surface area contributed by atoms with E-state index in [9.17, 15) is 9.59 Å². The SMILES string of the molecule is O=C(CCc1ccco1)Nc1ccc(C(=O)O)cc1Br. The fourth-order valence-electron chi connectivity index (χ4n) is 1.65. The molecule has 0 unspecified atom stereocenters. The molecule has 1 amide bonds. The molecule has 2 N–H and O–H groups in total. The van der Waals surface area contributed by atoms with Gasteiger partial charge in [-0.05, 0) is 46.3 Å². The Balaban J connectivity index is 1.95. The average Bonchev–Trinajstić information content (AvgIpc) is 2.91. The minimum absolute atomic E-state index is 0.158. The summed E-state index contributed by atoms with van der Waals surface area (Å²) in [6.07, 6.45) is 2.37. The van der Waals surface area contributed by atoms with Crippen molar-refractivity contribution < 1.29 is 19.1 Å². The van der Waals surface area contributed by atoms with Crippen molar-refractivity contribution in [3.05, 3.63) is 52.4 Å². The van der Waals surface area contributed by atoms with E-state index in [-0.39, 0.29) is 11.5 Å². The number of halogens is 1. The van der Waals surface area contributed by atoms with Crippen LogP contribution >= 0.6 is 15.9 Å². The summed E-state index contributed by atoms with van der Waals surface area (Å²) in [6.45, 7) is 0. The molecule has 2 aromatic rings. The second-order valence-electron chi connectivity index (χ2n) is 4.13. The van der Waals surface area contributed by atoms with Gasteiger partial charge in [0.25, 0.3) is 0 Å². The number of hydrogen-bond donors (Lipinski definition) is 2. The Bertz CT molecular complexity index is 622. The van der Waals surface area contributed by atoms with Gasteiger partial charge in [0.1, 0.15) is 5.76 Å². The quantitative estimate of drug-likeness (QED) is 0.877. The summed E-state index contributed by atoms with van der Waals surface area (Å²) in [5.74, 6) is -0.424. The summed E-state index contributed by atoms with van der Waals surface area (Å²) in [6, 6.07) is 8.03. The lowest BCUT2D eigenvalue weighted by Gasteiger charge is -2.07. The van der Waals surface area contributed by atoms with Crippen LogP contribution in [0, 0.1) is 0 Å². The Morgan fingerprint density at radius 2 is 2.10 bits per heavy atom. The van der Waals surface area contributed by atoms with E-state index in [0.717, 1.165) is 5.76 Å². The Morgan fingerprint density at radius 3 is 2.70 bits per heavy atom. The Morgan fingerprint density at radius 1 is 1.30 bits per heavy atom. The fraction of sp³-hybridized carbons (Fsp3) is 0.143. The van der Waals surface area contributed by atoms with E-state index >= 15 is 0 Å². The number of anilines is 1. The Hall–Kier alpha value is -2.08. The van der Waals surface area contributed by atoms with Crippen LogP contribution in [0.2, 0.25) is 0 Å². The molecule has 0 aliphatic heterocycles. The third-order valence-electron chi connectivity index (χ3n) is 2.67. The zero-order chi connectivity index (χ0) is 14.5. The van der Waals surface area contributed by atoms with Gasteiger partial charge in [-0.15, -0.1) is 0 Å². The zero-order valence-corrected chi connectivity index (χ0v) is 12.0. The summed E-state index contributed by atoms with van der Waals surface area (Å²) in [4.78, 5) is 22.6.